The number of hydrogen-bond donors (Lipinski definition) is 1. The van der Waals surface area contributed by atoms with Crippen LogP contribution in [0.2, 0.25) is 0 Å². The van der Waals surface area contributed by atoms with E-state index >= 15 is 0 Å². The number of ether oxygens (including phenoxy) is 3. The quantitative estimate of drug-likeness (QED) is 0.903. The normalized spacial score (nSPS) is 34.0. The highest BCUT2D eigenvalue weighted by molar-refractivity contribution is 5.45. The van der Waals surface area contributed by atoms with Gasteiger partial charge in [-0.2, -0.15) is 0 Å². The number of halogens is 1. The lowest BCUT2D eigenvalue weighted by molar-refractivity contribution is -0.210. The monoisotopic (exact) mass is 323 g/mol. The SMILES string of the molecule is COC[C@H]1CCC(Nc2ccc(F)cc2)C2(OC)CCCOC12. The topological polar surface area (TPSA) is 39.7 Å². The summed E-state index contributed by atoms with van der Waals surface area (Å²) in [6.07, 6.45) is 4.01. The number of rotatable bonds is 5. The highest BCUT2D eigenvalue weighted by Crippen LogP contribution is 2.44. The van der Waals surface area contributed by atoms with Crippen molar-refractivity contribution in [1.29, 1.82) is 0 Å². The van der Waals surface area contributed by atoms with Gasteiger partial charge in [-0.25, -0.2) is 4.39 Å². The summed E-state index contributed by atoms with van der Waals surface area (Å²) < 4.78 is 30.7. The molecule has 1 heterocycles. The zero-order chi connectivity index (χ0) is 16.3. The van der Waals surface area contributed by atoms with Gasteiger partial charge >= 0.3 is 0 Å². The van der Waals surface area contributed by atoms with Crippen LogP contribution in [0, 0.1) is 11.7 Å². The number of benzene rings is 1. The number of fused-ring (bicyclic) bond motifs is 1. The molecular weight excluding hydrogens is 297 g/mol. The van der Waals surface area contributed by atoms with Crippen LogP contribution in [0.1, 0.15) is 25.7 Å². The van der Waals surface area contributed by atoms with Gasteiger partial charge in [-0.1, -0.05) is 0 Å². The molecule has 4 nitrogen and oxygen atoms in total. The first-order chi connectivity index (χ1) is 11.2. The van der Waals surface area contributed by atoms with E-state index in [0.29, 0.717) is 12.5 Å². The lowest BCUT2D eigenvalue weighted by atomic mass is 9.69. The van der Waals surface area contributed by atoms with Gasteiger partial charge in [0.2, 0.25) is 0 Å². The van der Waals surface area contributed by atoms with E-state index in [-0.39, 0.29) is 23.6 Å². The van der Waals surface area contributed by atoms with Crippen LogP contribution in [0.4, 0.5) is 10.1 Å². The van der Waals surface area contributed by atoms with Gasteiger partial charge in [-0.15, -0.1) is 0 Å². The molecule has 1 aromatic carbocycles. The van der Waals surface area contributed by atoms with Gasteiger partial charge in [-0.3, -0.25) is 0 Å². The third-order valence-corrected chi connectivity index (χ3v) is 5.28. The van der Waals surface area contributed by atoms with Crippen LogP contribution in [0.25, 0.3) is 0 Å². The standard InChI is InChI=1S/C18H26FNO3/c1-21-12-13-4-9-16(20-15-7-5-14(19)6-8-15)18(22-2)10-3-11-23-17(13)18/h5-8,13,16-17,20H,3-4,9-12H2,1-2H3/t13-,16?,17?,18?/m1/s1. The fourth-order valence-corrected chi connectivity index (χ4v) is 4.21. The number of anilines is 1. The second-order valence-electron chi connectivity index (χ2n) is 6.55. The molecule has 1 N–H and O–H groups in total. The molecule has 0 amide bonds. The first kappa shape index (κ1) is 16.7. The van der Waals surface area contributed by atoms with Gasteiger partial charge in [0.05, 0.1) is 18.8 Å². The average molecular weight is 323 g/mol. The Morgan fingerprint density at radius 3 is 2.74 bits per heavy atom. The predicted molar refractivity (Wildman–Crippen MR) is 87.1 cm³/mol. The summed E-state index contributed by atoms with van der Waals surface area (Å²) in [5, 5.41) is 3.55. The summed E-state index contributed by atoms with van der Waals surface area (Å²) in [6.45, 7) is 1.47. The molecule has 1 saturated carbocycles. The summed E-state index contributed by atoms with van der Waals surface area (Å²) in [7, 11) is 3.51. The lowest BCUT2D eigenvalue weighted by Gasteiger charge is -2.54. The minimum absolute atomic E-state index is 0.0351. The number of methoxy groups -OCH3 is 2. The molecule has 1 saturated heterocycles. The minimum Gasteiger partial charge on any atom is -0.384 e. The first-order valence-corrected chi connectivity index (χ1v) is 8.37. The van der Waals surface area contributed by atoms with Crippen LogP contribution in [-0.4, -0.2) is 45.2 Å². The molecule has 1 aliphatic heterocycles. The first-order valence-electron chi connectivity index (χ1n) is 8.37. The summed E-state index contributed by atoms with van der Waals surface area (Å²) in [5.74, 6) is 0.131. The van der Waals surface area contributed by atoms with Gasteiger partial charge in [-0.05, 0) is 49.9 Å². The van der Waals surface area contributed by atoms with Crippen LogP contribution in [0.5, 0.6) is 0 Å². The molecule has 3 rings (SSSR count). The molecule has 1 aliphatic carbocycles. The Morgan fingerprint density at radius 1 is 1.26 bits per heavy atom. The summed E-state index contributed by atoms with van der Waals surface area (Å²) in [5.41, 5.74) is 0.566. The van der Waals surface area contributed by atoms with Gasteiger partial charge in [0.25, 0.3) is 0 Å². The van der Waals surface area contributed by atoms with E-state index in [9.17, 15) is 4.39 Å². The average Bonchev–Trinajstić information content (AvgIpc) is 2.59. The molecule has 2 fully saturated rings. The zero-order valence-electron chi connectivity index (χ0n) is 13.9. The maximum absolute atomic E-state index is 13.1. The number of hydrogen-bond acceptors (Lipinski definition) is 4. The van der Waals surface area contributed by atoms with Crippen LogP contribution in [0.15, 0.2) is 24.3 Å². The summed E-state index contributed by atoms with van der Waals surface area (Å²) >= 11 is 0. The molecule has 0 aromatic heterocycles. The van der Waals surface area contributed by atoms with E-state index in [2.05, 4.69) is 5.32 Å². The van der Waals surface area contributed by atoms with Crippen molar-refractivity contribution < 1.29 is 18.6 Å². The summed E-state index contributed by atoms with van der Waals surface area (Å²) in [6, 6.07) is 6.66. The van der Waals surface area contributed by atoms with Crippen LogP contribution < -0.4 is 5.32 Å². The zero-order valence-corrected chi connectivity index (χ0v) is 13.9. The van der Waals surface area contributed by atoms with Crippen molar-refractivity contribution in [2.75, 3.05) is 32.8 Å². The van der Waals surface area contributed by atoms with Gasteiger partial charge < -0.3 is 19.5 Å². The number of nitrogens with one attached hydrogen (secondary N) is 1. The van der Waals surface area contributed by atoms with E-state index in [4.69, 9.17) is 14.2 Å². The fourth-order valence-electron chi connectivity index (χ4n) is 4.21. The van der Waals surface area contributed by atoms with E-state index in [1.807, 2.05) is 0 Å². The Kier molecular flexibility index (Phi) is 5.19. The summed E-state index contributed by atoms with van der Waals surface area (Å²) in [4.78, 5) is 0. The highest BCUT2D eigenvalue weighted by Gasteiger charge is 2.54. The van der Waals surface area contributed by atoms with Crippen molar-refractivity contribution in [2.45, 2.75) is 43.4 Å². The Balaban J connectivity index is 1.83. The third-order valence-electron chi connectivity index (χ3n) is 5.28. The molecule has 23 heavy (non-hydrogen) atoms. The van der Waals surface area contributed by atoms with E-state index < -0.39 is 0 Å². The molecule has 1 aromatic rings. The maximum Gasteiger partial charge on any atom is 0.123 e. The van der Waals surface area contributed by atoms with E-state index in [0.717, 1.165) is 38.0 Å². The largest absolute Gasteiger partial charge is 0.384 e. The van der Waals surface area contributed by atoms with E-state index in [1.165, 1.54) is 12.1 Å². The Hall–Kier alpha value is -1.17. The lowest BCUT2D eigenvalue weighted by Crippen LogP contribution is -2.65. The fraction of sp³-hybridized carbons (Fsp3) is 0.667. The van der Waals surface area contributed by atoms with Crippen LogP contribution in [-0.2, 0) is 14.2 Å². The van der Waals surface area contributed by atoms with Gasteiger partial charge in [0.1, 0.15) is 11.4 Å². The Bertz CT molecular complexity index is 509. The van der Waals surface area contributed by atoms with Crippen molar-refractivity contribution >= 4 is 5.69 Å². The van der Waals surface area contributed by atoms with Crippen molar-refractivity contribution in [3.63, 3.8) is 0 Å². The predicted octanol–water partition coefficient (Wildman–Crippen LogP) is 3.23. The van der Waals surface area contributed by atoms with Gasteiger partial charge in [0, 0.05) is 32.4 Å². The molecule has 0 bridgehead atoms. The molecule has 5 heteroatoms. The third kappa shape index (κ3) is 3.23. The minimum atomic E-state index is -0.353. The molecule has 2 aliphatic rings. The molecule has 128 valence electrons. The molecule has 0 radical (unpaired) electrons. The maximum atomic E-state index is 13.1. The molecule has 4 atom stereocenters. The molecule has 3 unspecified atom stereocenters. The van der Waals surface area contributed by atoms with E-state index in [1.54, 1.807) is 26.4 Å². The van der Waals surface area contributed by atoms with Crippen molar-refractivity contribution in [2.24, 2.45) is 5.92 Å². The van der Waals surface area contributed by atoms with Gasteiger partial charge in [0.15, 0.2) is 0 Å². The van der Waals surface area contributed by atoms with Crippen LogP contribution in [0.3, 0.4) is 0 Å². The smallest absolute Gasteiger partial charge is 0.123 e. The van der Waals surface area contributed by atoms with Crippen LogP contribution >= 0.6 is 0 Å². The Morgan fingerprint density at radius 2 is 2.04 bits per heavy atom. The van der Waals surface area contributed by atoms with Crippen molar-refractivity contribution in [3.8, 4) is 0 Å². The van der Waals surface area contributed by atoms with Crippen molar-refractivity contribution in [1.82, 2.24) is 0 Å². The molecular formula is C18H26FNO3. The van der Waals surface area contributed by atoms with Crippen molar-refractivity contribution in [3.05, 3.63) is 30.1 Å². The Labute approximate surface area is 137 Å². The molecule has 0 spiro atoms. The second kappa shape index (κ2) is 7.16. The second-order valence-corrected chi connectivity index (χ2v) is 6.55. The highest BCUT2D eigenvalue weighted by atomic mass is 19.1.